The van der Waals surface area contributed by atoms with Gasteiger partial charge in [-0.1, -0.05) is 24.3 Å². The number of thiophene rings is 1. The second kappa shape index (κ2) is 6.86. The molecule has 0 fully saturated rings. The molecule has 0 radical (unpaired) electrons. The lowest BCUT2D eigenvalue weighted by Crippen LogP contribution is -2.28. The van der Waals surface area contributed by atoms with Crippen LogP contribution in [0.15, 0.2) is 59.3 Å². The molecule has 2 N–H and O–H groups in total. The maximum Gasteiger partial charge on any atom is 0.319 e. The van der Waals surface area contributed by atoms with E-state index in [0.29, 0.717) is 23.7 Å². The van der Waals surface area contributed by atoms with E-state index in [1.807, 2.05) is 23.6 Å². The number of hydrogen-bond donors (Lipinski definition) is 2. The largest absolute Gasteiger partial charge is 0.454 e. The van der Waals surface area contributed by atoms with E-state index in [1.54, 1.807) is 29.5 Å². The SMILES string of the molecule is O=C(NCc1ccccc1-c1ccsc1)Nc1ccc2c(c1)OCO2. The summed E-state index contributed by atoms with van der Waals surface area (Å²) in [6, 6.07) is 15.2. The molecular weight excluding hydrogens is 336 g/mol. The highest BCUT2D eigenvalue weighted by molar-refractivity contribution is 7.08. The molecule has 0 bridgehead atoms. The maximum absolute atomic E-state index is 12.2. The molecule has 1 aliphatic heterocycles. The standard InChI is InChI=1S/C19H16N2O3S/c22-19(21-15-5-6-17-18(9-15)24-12-23-17)20-10-13-3-1-2-4-16(13)14-7-8-25-11-14/h1-9,11H,10,12H2,(H2,20,21,22). The Balaban J connectivity index is 1.41. The summed E-state index contributed by atoms with van der Waals surface area (Å²) in [5.74, 6) is 1.33. The van der Waals surface area contributed by atoms with Crippen molar-refractivity contribution in [1.82, 2.24) is 5.32 Å². The molecule has 0 unspecified atom stereocenters. The fourth-order valence-electron chi connectivity index (χ4n) is 2.70. The van der Waals surface area contributed by atoms with Crippen LogP contribution in [0.25, 0.3) is 11.1 Å². The summed E-state index contributed by atoms with van der Waals surface area (Å²) in [7, 11) is 0. The fourth-order valence-corrected chi connectivity index (χ4v) is 3.35. The lowest BCUT2D eigenvalue weighted by Gasteiger charge is -2.11. The number of anilines is 1. The number of fused-ring (bicyclic) bond motifs is 1. The van der Waals surface area contributed by atoms with Crippen molar-refractivity contribution in [3.8, 4) is 22.6 Å². The second-order valence-electron chi connectivity index (χ2n) is 5.54. The van der Waals surface area contributed by atoms with Crippen molar-refractivity contribution in [2.24, 2.45) is 0 Å². The summed E-state index contributed by atoms with van der Waals surface area (Å²) in [5.41, 5.74) is 4.03. The van der Waals surface area contributed by atoms with Gasteiger partial charge in [-0.25, -0.2) is 4.79 Å². The third-order valence-electron chi connectivity index (χ3n) is 3.92. The molecule has 1 aromatic heterocycles. The van der Waals surface area contributed by atoms with E-state index >= 15 is 0 Å². The number of hydrogen-bond acceptors (Lipinski definition) is 4. The Morgan fingerprint density at radius 2 is 1.96 bits per heavy atom. The van der Waals surface area contributed by atoms with Crippen molar-refractivity contribution in [3.63, 3.8) is 0 Å². The van der Waals surface area contributed by atoms with Crippen LogP contribution < -0.4 is 20.1 Å². The zero-order chi connectivity index (χ0) is 17.1. The summed E-state index contributed by atoms with van der Waals surface area (Å²) in [6.07, 6.45) is 0. The minimum absolute atomic E-state index is 0.213. The van der Waals surface area contributed by atoms with Gasteiger partial charge in [0.25, 0.3) is 0 Å². The van der Waals surface area contributed by atoms with E-state index in [4.69, 9.17) is 9.47 Å². The molecule has 2 heterocycles. The summed E-state index contributed by atoms with van der Waals surface area (Å²) in [6.45, 7) is 0.659. The highest BCUT2D eigenvalue weighted by atomic mass is 32.1. The Bertz CT molecular complexity index is 893. The summed E-state index contributed by atoms with van der Waals surface area (Å²) < 4.78 is 10.6. The Kier molecular flexibility index (Phi) is 4.26. The molecule has 6 heteroatoms. The van der Waals surface area contributed by atoms with Gasteiger partial charge in [-0.3, -0.25) is 0 Å². The molecule has 4 rings (SSSR count). The molecule has 0 saturated heterocycles. The van der Waals surface area contributed by atoms with Gasteiger partial charge in [0, 0.05) is 18.3 Å². The van der Waals surface area contributed by atoms with Crippen LogP contribution in [0.1, 0.15) is 5.56 Å². The second-order valence-corrected chi connectivity index (χ2v) is 6.32. The molecule has 0 aliphatic carbocycles. The maximum atomic E-state index is 12.2. The minimum Gasteiger partial charge on any atom is -0.454 e. The summed E-state index contributed by atoms with van der Waals surface area (Å²) in [5, 5.41) is 9.86. The Hall–Kier alpha value is -2.99. The van der Waals surface area contributed by atoms with Crippen LogP contribution in [0.3, 0.4) is 0 Å². The first-order chi connectivity index (χ1) is 12.3. The highest BCUT2D eigenvalue weighted by Gasteiger charge is 2.14. The van der Waals surface area contributed by atoms with E-state index in [9.17, 15) is 4.79 Å². The smallest absolute Gasteiger partial charge is 0.319 e. The highest BCUT2D eigenvalue weighted by Crippen LogP contribution is 2.34. The van der Waals surface area contributed by atoms with Crippen molar-refractivity contribution in [2.45, 2.75) is 6.54 Å². The van der Waals surface area contributed by atoms with E-state index in [1.165, 1.54) is 5.56 Å². The molecule has 5 nitrogen and oxygen atoms in total. The van der Waals surface area contributed by atoms with Crippen molar-refractivity contribution >= 4 is 23.1 Å². The van der Waals surface area contributed by atoms with E-state index in [2.05, 4.69) is 28.1 Å². The Morgan fingerprint density at radius 3 is 2.84 bits per heavy atom. The molecule has 1 aliphatic rings. The molecular formula is C19H16N2O3S. The molecule has 0 spiro atoms. The van der Waals surface area contributed by atoms with Gasteiger partial charge in [-0.2, -0.15) is 11.3 Å². The molecule has 3 aromatic rings. The Morgan fingerprint density at radius 1 is 1.08 bits per heavy atom. The average molecular weight is 352 g/mol. The number of benzene rings is 2. The van der Waals surface area contributed by atoms with Gasteiger partial charge >= 0.3 is 6.03 Å². The predicted octanol–water partition coefficient (Wildman–Crippen LogP) is 4.47. The number of carbonyl (C=O) groups is 1. The van der Waals surface area contributed by atoms with Crippen LogP contribution >= 0.6 is 11.3 Å². The number of rotatable bonds is 4. The van der Waals surface area contributed by atoms with Gasteiger partial charge in [-0.05, 0) is 45.6 Å². The first-order valence-corrected chi connectivity index (χ1v) is 8.79. The van der Waals surface area contributed by atoms with Crippen LogP contribution in [0.4, 0.5) is 10.5 Å². The number of ether oxygens (including phenoxy) is 2. The normalized spacial score (nSPS) is 12.0. The van der Waals surface area contributed by atoms with Gasteiger partial charge in [0.05, 0.1) is 0 Å². The Labute approximate surface area is 149 Å². The van der Waals surface area contributed by atoms with Crippen molar-refractivity contribution in [1.29, 1.82) is 0 Å². The first-order valence-electron chi connectivity index (χ1n) is 7.84. The zero-order valence-electron chi connectivity index (χ0n) is 13.3. The molecule has 0 atom stereocenters. The van der Waals surface area contributed by atoms with E-state index < -0.39 is 0 Å². The summed E-state index contributed by atoms with van der Waals surface area (Å²) in [4.78, 5) is 12.2. The number of nitrogens with one attached hydrogen (secondary N) is 2. The van der Waals surface area contributed by atoms with Crippen LogP contribution in [-0.2, 0) is 6.54 Å². The first kappa shape index (κ1) is 15.5. The van der Waals surface area contributed by atoms with Gasteiger partial charge < -0.3 is 20.1 Å². The number of carbonyl (C=O) groups excluding carboxylic acids is 1. The third kappa shape index (κ3) is 3.44. The molecule has 2 aromatic carbocycles. The van der Waals surface area contributed by atoms with E-state index in [0.717, 1.165) is 11.1 Å². The number of amides is 2. The van der Waals surface area contributed by atoms with Crippen LogP contribution in [-0.4, -0.2) is 12.8 Å². The number of urea groups is 1. The topological polar surface area (TPSA) is 59.6 Å². The van der Waals surface area contributed by atoms with Crippen LogP contribution in [0.5, 0.6) is 11.5 Å². The molecule has 0 saturated carbocycles. The van der Waals surface area contributed by atoms with Crippen LogP contribution in [0, 0.1) is 0 Å². The molecule has 25 heavy (non-hydrogen) atoms. The molecule has 126 valence electrons. The third-order valence-corrected chi connectivity index (χ3v) is 4.60. The summed E-state index contributed by atoms with van der Waals surface area (Å²) >= 11 is 1.66. The van der Waals surface area contributed by atoms with Gasteiger partial charge in [-0.15, -0.1) is 0 Å². The molecule has 2 amide bonds. The van der Waals surface area contributed by atoms with Gasteiger partial charge in [0.1, 0.15) is 0 Å². The average Bonchev–Trinajstić information content (AvgIpc) is 3.31. The van der Waals surface area contributed by atoms with Gasteiger partial charge in [0.15, 0.2) is 11.5 Å². The fraction of sp³-hybridized carbons (Fsp3) is 0.105. The lowest BCUT2D eigenvalue weighted by molar-refractivity contribution is 0.174. The quantitative estimate of drug-likeness (QED) is 0.728. The minimum atomic E-state index is -0.265. The monoisotopic (exact) mass is 352 g/mol. The predicted molar refractivity (Wildman–Crippen MR) is 98.2 cm³/mol. The van der Waals surface area contributed by atoms with Crippen molar-refractivity contribution in [2.75, 3.05) is 12.1 Å². The van der Waals surface area contributed by atoms with E-state index in [-0.39, 0.29) is 12.8 Å². The van der Waals surface area contributed by atoms with Gasteiger partial charge in [0.2, 0.25) is 6.79 Å². The lowest BCUT2D eigenvalue weighted by atomic mass is 10.0. The van der Waals surface area contributed by atoms with Crippen molar-refractivity contribution < 1.29 is 14.3 Å². The van der Waals surface area contributed by atoms with Crippen molar-refractivity contribution in [3.05, 3.63) is 64.9 Å². The van der Waals surface area contributed by atoms with Crippen LogP contribution in [0.2, 0.25) is 0 Å². The zero-order valence-corrected chi connectivity index (χ0v) is 14.1.